The van der Waals surface area contributed by atoms with Crippen LogP contribution in [0.3, 0.4) is 0 Å². The van der Waals surface area contributed by atoms with E-state index in [2.05, 4.69) is 15.2 Å². The van der Waals surface area contributed by atoms with Gasteiger partial charge in [0.25, 0.3) is 0 Å². The van der Waals surface area contributed by atoms with Crippen LogP contribution in [0.4, 0.5) is 14.5 Å². The summed E-state index contributed by atoms with van der Waals surface area (Å²) in [5.74, 6) is -1.63. The molecule has 0 unspecified atom stereocenters. The predicted octanol–water partition coefficient (Wildman–Crippen LogP) is 2.49. The Labute approximate surface area is 142 Å². The van der Waals surface area contributed by atoms with Crippen LogP contribution in [0.25, 0.3) is 0 Å². The summed E-state index contributed by atoms with van der Waals surface area (Å²) < 4.78 is 30.3. The molecule has 25 heavy (non-hydrogen) atoms. The zero-order valence-corrected chi connectivity index (χ0v) is 13.6. The van der Waals surface area contributed by atoms with Gasteiger partial charge >= 0.3 is 12.6 Å². The number of halogens is 2. The lowest BCUT2D eigenvalue weighted by molar-refractivity contribution is -0.146. The Morgan fingerprint density at radius 2 is 2.04 bits per heavy atom. The average Bonchev–Trinajstić information content (AvgIpc) is 2.97. The van der Waals surface area contributed by atoms with E-state index >= 15 is 0 Å². The van der Waals surface area contributed by atoms with Gasteiger partial charge in [0.1, 0.15) is 5.75 Å². The van der Waals surface area contributed by atoms with Crippen LogP contribution in [0.15, 0.2) is 36.7 Å². The van der Waals surface area contributed by atoms with Crippen molar-refractivity contribution in [3.05, 3.63) is 42.2 Å². The first-order valence-electron chi connectivity index (χ1n) is 7.31. The molecule has 0 saturated carbocycles. The van der Waals surface area contributed by atoms with Crippen molar-refractivity contribution in [1.82, 2.24) is 9.78 Å². The minimum atomic E-state index is -2.99. The highest BCUT2D eigenvalue weighted by atomic mass is 19.3. The number of carboxylic acid groups (broad SMARTS) is 1. The number of carbonyl (C=O) groups excluding carboxylic acids is 1. The van der Waals surface area contributed by atoms with Gasteiger partial charge in [-0.3, -0.25) is 9.48 Å². The number of aromatic nitrogens is 2. The zero-order chi connectivity index (χ0) is 18.6. The van der Waals surface area contributed by atoms with Crippen LogP contribution in [0.5, 0.6) is 5.75 Å². The Bertz CT molecular complexity index is 774. The zero-order valence-electron chi connectivity index (χ0n) is 13.6. The molecule has 9 heteroatoms. The molecule has 134 valence electrons. The minimum absolute atomic E-state index is 0.0737. The second kappa shape index (κ2) is 7.29. The molecule has 0 fully saturated rings. The van der Waals surface area contributed by atoms with Crippen molar-refractivity contribution in [3.8, 4) is 5.75 Å². The number of aliphatic carboxylic acids is 1. The van der Waals surface area contributed by atoms with Gasteiger partial charge in [-0.1, -0.05) is 18.2 Å². The maximum atomic E-state index is 12.4. The number of anilines is 1. The molecule has 7 nitrogen and oxygen atoms in total. The molecule has 0 bridgehead atoms. The van der Waals surface area contributed by atoms with Crippen molar-refractivity contribution in [1.29, 1.82) is 0 Å². The summed E-state index contributed by atoms with van der Waals surface area (Å²) in [5.41, 5.74) is -0.675. The van der Waals surface area contributed by atoms with Gasteiger partial charge in [0, 0.05) is 11.8 Å². The van der Waals surface area contributed by atoms with E-state index in [1.807, 2.05) is 0 Å². The Balaban J connectivity index is 2.07. The fourth-order valence-corrected chi connectivity index (χ4v) is 2.03. The number of para-hydroxylation sites is 1. The largest absolute Gasteiger partial charge is 0.479 e. The number of rotatable bonds is 7. The molecule has 2 aromatic rings. The molecule has 0 atom stereocenters. The summed E-state index contributed by atoms with van der Waals surface area (Å²) in [7, 11) is 0. The molecule has 0 aliphatic carbocycles. The van der Waals surface area contributed by atoms with Crippen LogP contribution >= 0.6 is 0 Å². The number of hydrogen-bond acceptors (Lipinski definition) is 4. The molecular formula is C16H17F2N3O4. The number of amides is 1. The van der Waals surface area contributed by atoms with Crippen molar-refractivity contribution in [2.75, 3.05) is 5.32 Å². The number of carbonyl (C=O) groups is 2. The molecular weight excluding hydrogens is 336 g/mol. The Hall–Kier alpha value is -2.97. The van der Waals surface area contributed by atoms with Crippen LogP contribution in [-0.2, 0) is 21.5 Å². The van der Waals surface area contributed by atoms with Gasteiger partial charge in [-0.15, -0.1) is 0 Å². The summed E-state index contributed by atoms with van der Waals surface area (Å²) in [4.78, 5) is 23.3. The number of hydrogen-bond donors (Lipinski definition) is 2. The van der Waals surface area contributed by atoms with Crippen molar-refractivity contribution in [3.63, 3.8) is 0 Å². The van der Waals surface area contributed by atoms with Crippen molar-refractivity contribution in [2.24, 2.45) is 0 Å². The smallest absolute Gasteiger partial charge is 0.387 e. The number of ether oxygens (including phenoxy) is 1. The third kappa shape index (κ3) is 4.52. The third-order valence-corrected chi connectivity index (χ3v) is 3.50. The quantitative estimate of drug-likeness (QED) is 0.798. The van der Waals surface area contributed by atoms with E-state index < -0.39 is 24.0 Å². The van der Waals surface area contributed by atoms with Crippen LogP contribution in [0.2, 0.25) is 0 Å². The molecule has 0 saturated heterocycles. The SMILES string of the molecule is CC(C)(C(=O)O)n1cc(NC(=O)Cc2ccccc2OC(F)F)cn1. The van der Waals surface area contributed by atoms with Crippen molar-refractivity contribution < 1.29 is 28.2 Å². The van der Waals surface area contributed by atoms with Crippen LogP contribution in [0, 0.1) is 0 Å². The Kier molecular flexibility index (Phi) is 5.35. The molecule has 0 aliphatic rings. The standard InChI is InChI=1S/C16H17F2N3O4/c1-16(2,14(23)24)21-9-11(8-19-21)20-13(22)7-10-5-3-4-6-12(10)25-15(17)18/h3-6,8-9,15H,7H2,1-2H3,(H,20,22)(H,23,24). The number of carboxylic acids is 1. The highest BCUT2D eigenvalue weighted by molar-refractivity contribution is 5.92. The first-order valence-corrected chi connectivity index (χ1v) is 7.31. The summed E-state index contributed by atoms with van der Waals surface area (Å²) in [6, 6.07) is 5.99. The minimum Gasteiger partial charge on any atom is -0.479 e. The molecule has 1 aromatic heterocycles. The number of alkyl halides is 2. The topological polar surface area (TPSA) is 93.5 Å². The molecule has 0 radical (unpaired) electrons. The van der Waals surface area contributed by atoms with E-state index in [9.17, 15) is 18.4 Å². The second-order valence-corrected chi connectivity index (χ2v) is 5.75. The normalized spacial score (nSPS) is 11.4. The number of benzene rings is 1. The van der Waals surface area contributed by atoms with E-state index in [-0.39, 0.29) is 12.2 Å². The number of nitrogens with zero attached hydrogens (tertiary/aromatic N) is 2. The molecule has 0 aliphatic heterocycles. The first kappa shape index (κ1) is 18.4. The van der Waals surface area contributed by atoms with Gasteiger partial charge in [-0.05, 0) is 19.9 Å². The molecule has 2 rings (SSSR count). The molecule has 2 N–H and O–H groups in total. The average molecular weight is 353 g/mol. The maximum absolute atomic E-state index is 12.4. The van der Waals surface area contributed by atoms with Crippen LogP contribution in [-0.4, -0.2) is 33.4 Å². The van der Waals surface area contributed by atoms with Gasteiger partial charge in [-0.25, -0.2) is 4.79 Å². The van der Waals surface area contributed by atoms with Crippen molar-refractivity contribution in [2.45, 2.75) is 32.4 Å². The molecule has 1 heterocycles. The lowest BCUT2D eigenvalue weighted by Crippen LogP contribution is -2.35. The highest BCUT2D eigenvalue weighted by Gasteiger charge is 2.30. The van der Waals surface area contributed by atoms with Gasteiger partial charge < -0.3 is 15.2 Å². The van der Waals surface area contributed by atoms with Crippen LogP contribution < -0.4 is 10.1 Å². The van der Waals surface area contributed by atoms with Gasteiger partial charge in [0.15, 0.2) is 5.54 Å². The van der Waals surface area contributed by atoms with Crippen molar-refractivity contribution >= 4 is 17.6 Å². The fourth-order valence-electron chi connectivity index (χ4n) is 2.03. The van der Waals surface area contributed by atoms with E-state index in [4.69, 9.17) is 5.11 Å². The van der Waals surface area contributed by atoms with E-state index in [1.165, 1.54) is 49.1 Å². The second-order valence-electron chi connectivity index (χ2n) is 5.75. The molecule has 1 amide bonds. The molecule has 0 spiro atoms. The van der Waals surface area contributed by atoms with E-state index in [1.54, 1.807) is 6.07 Å². The fraction of sp³-hybridized carbons (Fsp3) is 0.312. The first-order chi connectivity index (χ1) is 11.7. The van der Waals surface area contributed by atoms with E-state index in [0.717, 1.165) is 0 Å². The third-order valence-electron chi connectivity index (χ3n) is 3.50. The predicted molar refractivity (Wildman–Crippen MR) is 84.6 cm³/mol. The summed E-state index contributed by atoms with van der Waals surface area (Å²) in [6.07, 6.45) is 2.51. The number of nitrogens with one attached hydrogen (secondary N) is 1. The summed E-state index contributed by atoms with van der Waals surface area (Å²) in [6.45, 7) is -0.0572. The van der Waals surface area contributed by atoms with E-state index in [0.29, 0.717) is 11.3 Å². The van der Waals surface area contributed by atoms with Gasteiger partial charge in [0.05, 0.1) is 18.3 Å². The Morgan fingerprint density at radius 3 is 2.68 bits per heavy atom. The van der Waals surface area contributed by atoms with Crippen LogP contribution in [0.1, 0.15) is 19.4 Å². The van der Waals surface area contributed by atoms with Gasteiger partial charge in [0.2, 0.25) is 5.91 Å². The monoisotopic (exact) mass is 353 g/mol. The maximum Gasteiger partial charge on any atom is 0.387 e. The highest BCUT2D eigenvalue weighted by Crippen LogP contribution is 2.22. The lowest BCUT2D eigenvalue weighted by Gasteiger charge is -2.19. The lowest BCUT2D eigenvalue weighted by atomic mass is 10.1. The summed E-state index contributed by atoms with van der Waals surface area (Å²) in [5, 5.41) is 15.6. The van der Waals surface area contributed by atoms with Gasteiger partial charge in [-0.2, -0.15) is 13.9 Å². The summed E-state index contributed by atoms with van der Waals surface area (Å²) >= 11 is 0. The Morgan fingerprint density at radius 1 is 1.36 bits per heavy atom. The molecule has 1 aromatic carbocycles.